The summed E-state index contributed by atoms with van der Waals surface area (Å²) in [7, 11) is 1.63. The number of nitrogens with zero attached hydrogens (tertiary/aromatic N) is 2. The van der Waals surface area contributed by atoms with Crippen LogP contribution in [0.5, 0.6) is 5.75 Å². The number of nitrogens with one attached hydrogen (secondary N) is 1. The maximum Gasteiger partial charge on any atom is 0.244 e. The molecule has 0 fully saturated rings. The second-order valence-corrected chi connectivity index (χ2v) is 6.36. The molecule has 2 aromatic carbocycles. The van der Waals surface area contributed by atoms with Crippen LogP contribution in [0.15, 0.2) is 36.4 Å². The Kier molecular flexibility index (Phi) is 4.68. The number of fused-ring (bicyclic) bond motifs is 1. The van der Waals surface area contributed by atoms with Gasteiger partial charge < -0.3 is 14.6 Å². The van der Waals surface area contributed by atoms with Crippen molar-refractivity contribution in [1.29, 1.82) is 5.26 Å². The van der Waals surface area contributed by atoms with Crippen molar-refractivity contribution in [3.8, 4) is 11.8 Å². The van der Waals surface area contributed by atoms with Crippen LogP contribution in [0.25, 0.3) is 10.9 Å². The standard InChI is InChI=1S/C21H21N3O2/c1-13-10-20(26-4)14(2)9-18(13)23-21(25)12-24-15(3)17(11-22)16-7-5-6-8-19(16)24/h5-10H,12H2,1-4H3,(H,23,25). The van der Waals surface area contributed by atoms with E-state index in [0.717, 1.165) is 39.2 Å². The fourth-order valence-corrected chi connectivity index (χ4v) is 3.25. The highest BCUT2D eigenvalue weighted by molar-refractivity contribution is 5.94. The highest BCUT2D eigenvalue weighted by Crippen LogP contribution is 2.27. The molecule has 0 unspecified atom stereocenters. The Morgan fingerprint density at radius 2 is 1.92 bits per heavy atom. The molecular weight excluding hydrogens is 326 g/mol. The summed E-state index contributed by atoms with van der Waals surface area (Å²) in [5.41, 5.74) is 4.97. The van der Waals surface area contributed by atoms with Crippen LogP contribution in [0.2, 0.25) is 0 Å². The monoisotopic (exact) mass is 347 g/mol. The Hall–Kier alpha value is -3.26. The van der Waals surface area contributed by atoms with Gasteiger partial charge >= 0.3 is 0 Å². The normalized spacial score (nSPS) is 10.6. The average molecular weight is 347 g/mol. The lowest BCUT2D eigenvalue weighted by molar-refractivity contribution is -0.116. The molecule has 0 saturated carbocycles. The maximum absolute atomic E-state index is 12.6. The first-order chi connectivity index (χ1) is 12.5. The highest BCUT2D eigenvalue weighted by atomic mass is 16.5. The number of carbonyl (C=O) groups excluding carboxylic acids is 1. The molecule has 0 bridgehead atoms. The van der Waals surface area contributed by atoms with Gasteiger partial charge in [0.05, 0.1) is 18.2 Å². The second-order valence-electron chi connectivity index (χ2n) is 6.36. The molecule has 0 saturated heterocycles. The minimum atomic E-state index is -0.133. The minimum Gasteiger partial charge on any atom is -0.496 e. The van der Waals surface area contributed by atoms with Crippen LogP contribution in [-0.2, 0) is 11.3 Å². The van der Waals surface area contributed by atoms with Crippen molar-refractivity contribution in [2.24, 2.45) is 0 Å². The lowest BCUT2D eigenvalue weighted by Crippen LogP contribution is -2.20. The summed E-state index contributed by atoms with van der Waals surface area (Å²) in [6.07, 6.45) is 0. The van der Waals surface area contributed by atoms with E-state index in [1.807, 2.05) is 61.7 Å². The number of rotatable bonds is 4. The number of ether oxygens (including phenoxy) is 1. The Labute approximate surface area is 152 Å². The fourth-order valence-electron chi connectivity index (χ4n) is 3.25. The molecule has 1 aromatic heterocycles. The Bertz CT molecular complexity index is 1040. The van der Waals surface area contributed by atoms with Crippen LogP contribution in [0.1, 0.15) is 22.4 Å². The number of amides is 1. The van der Waals surface area contributed by atoms with Crippen LogP contribution in [-0.4, -0.2) is 17.6 Å². The molecule has 0 radical (unpaired) electrons. The van der Waals surface area contributed by atoms with Crippen molar-refractivity contribution in [1.82, 2.24) is 4.57 Å². The van der Waals surface area contributed by atoms with E-state index in [1.165, 1.54) is 0 Å². The minimum absolute atomic E-state index is 0.133. The summed E-state index contributed by atoms with van der Waals surface area (Å²) in [6.45, 7) is 5.89. The van der Waals surface area contributed by atoms with Crippen LogP contribution < -0.4 is 10.1 Å². The fraction of sp³-hybridized carbons (Fsp3) is 0.238. The molecule has 132 valence electrons. The summed E-state index contributed by atoms with van der Waals surface area (Å²) >= 11 is 0. The summed E-state index contributed by atoms with van der Waals surface area (Å²) < 4.78 is 7.20. The van der Waals surface area contributed by atoms with Gasteiger partial charge in [0, 0.05) is 16.8 Å². The molecule has 0 aliphatic rings. The number of benzene rings is 2. The van der Waals surface area contributed by atoms with Gasteiger partial charge in [0.25, 0.3) is 0 Å². The van der Waals surface area contributed by atoms with E-state index < -0.39 is 0 Å². The van der Waals surface area contributed by atoms with Gasteiger partial charge in [-0.1, -0.05) is 18.2 Å². The van der Waals surface area contributed by atoms with Crippen molar-refractivity contribution in [3.63, 3.8) is 0 Å². The molecule has 3 aromatic rings. The van der Waals surface area contributed by atoms with Crippen molar-refractivity contribution < 1.29 is 9.53 Å². The summed E-state index contributed by atoms with van der Waals surface area (Å²) in [4.78, 5) is 12.6. The quantitative estimate of drug-likeness (QED) is 0.773. The van der Waals surface area contributed by atoms with Gasteiger partial charge in [0.1, 0.15) is 18.4 Å². The van der Waals surface area contributed by atoms with Gasteiger partial charge in [-0.25, -0.2) is 0 Å². The van der Waals surface area contributed by atoms with Gasteiger partial charge in [-0.3, -0.25) is 4.79 Å². The maximum atomic E-state index is 12.6. The van der Waals surface area contributed by atoms with Crippen molar-refractivity contribution >= 4 is 22.5 Å². The van der Waals surface area contributed by atoms with Gasteiger partial charge in [-0.2, -0.15) is 5.26 Å². The first-order valence-corrected chi connectivity index (χ1v) is 8.39. The van der Waals surface area contributed by atoms with Gasteiger partial charge in [0.15, 0.2) is 0 Å². The molecular formula is C21H21N3O2. The van der Waals surface area contributed by atoms with Crippen molar-refractivity contribution in [3.05, 3.63) is 58.8 Å². The largest absolute Gasteiger partial charge is 0.496 e. The predicted molar refractivity (Wildman–Crippen MR) is 102 cm³/mol. The van der Waals surface area contributed by atoms with E-state index in [1.54, 1.807) is 7.11 Å². The van der Waals surface area contributed by atoms with E-state index in [-0.39, 0.29) is 12.5 Å². The Morgan fingerprint density at radius 1 is 1.19 bits per heavy atom. The average Bonchev–Trinajstić information content (AvgIpc) is 2.89. The van der Waals surface area contributed by atoms with Gasteiger partial charge in [-0.05, 0) is 50.1 Å². The highest BCUT2D eigenvalue weighted by Gasteiger charge is 2.16. The molecule has 5 heteroatoms. The van der Waals surface area contributed by atoms with Gasteiger partial charge in [0.2, 0.25) is 5.91 Å². The molecule has 26 heavy (non-hydrogen) atoms. The third kappa shape index (κ3) is 3.02. The first-order valence-electron chi connectivity index (χ1n) is 8.39. The lowest BCUT2D eigenvalue weighted by atomic mass is 10.1. The summed E-state index contributed by atoms with van der Waals surface area (Å²) in [5, 5.41) is 13.3. The van der Waals surface area contributed by atoms with Crippen LogP contribution in [0, 0.1) is 32.1 Å². The third-order valence-corrected chi connectivity index (χ3v) is 4.66. The number of carbonyl (C=O) groups is 1. The number of anilines is 1. The van der Waals surface area contributed by atoms with E-state index in [4.69, 9.17) is 4.74 Å². The molecule has 0 spiro atoms. The summed E-state index contributed by atoms with van der Waals surface area (Å²) in [5.74, 6) is 0.664. The summed E-state index contributed by atoms with van der Waals surface area (Å²) in [6, 6.07) is 13.7. The number of hydrogen-bond acceptors (Lipinski definition) is 3. The number of hydrogen-bond donors (Lipinski definition) is 1. The van der Waals surface area contributed by atoms with E-state index in [2.05, 4.69) is 11.4 Å². The predicted octanol–water partition coefficient (Wildman–Crippen LogP) is 4.09. The molecule has 0 atom stereocenters. The smallest absolute Gasteiger partial charge is 0.244 e. The number of aryl methyl sites for hydroxylation is 2. The molecule has 1 N–H and O–H groups in total. The number of para-hydroxylation sites is 1. The molecule has 1 amide bonds. The second kappa shape index (κ2) is 6.93. The molecule has 0 aliphatic carbocycles. The molecule has 0 aliphatic heterocycles. The van der Waals surface area contributed by atoms with Crippen LogP contribution in [0.3, 0.4) is 0 Å². The number of aromatic nitrogens is 1. The van der Waals surface area contributed by atoms with Gasteiger partial charge in [-0.15, -0.1) is 0 Å². The zero-order valence-electron chi connectivity index (χ0n) is 15.4. The number of nitriles is 1. The lowest BCUT2D eigenvalue weighted by Gasteiger charge is -2.14. The topological polar surface area (TPSA) is 67.0 Å². The zero-order valence-corrected chi connectivity index (χ0v) is 15.4. The Balaban J connectivity index is 1.90. The van der Waals surface area contributed by atoms with Crippen molar-refractivity contribution in [2.45, 2.75) is 27.3 Å². The Morgan fingerprint density at radius 3 is 2.62 bits per heavy atom. The van der Waals surface area contributed by atoms with Crippen LogP contribution in [0.4, 0.5) is 5.69 Å². The first kappa shape index (κ1) is 17.6. The third-order valence-electron chi connectivity index (χ3n) is 4.66. The molecule has 1 heterocycles. The van der Waals surface area contributed by atoms with E-state index >= 15 is 0 Å². The molecule has 3 rings (SSSR count). The molecule has 5 nitrogen and oxygen atoms in total. The van der Waals surface area contributed by atoms with Crippen LogP contribution >= 0.6 is 0 Å². The van der Waals surface area contributed by atoms with E-state index in [9.17, 15) is 10.1 Å². The van der Waals surface area contributed by atoms with E-state index in [0.29, 0.717) is 5.56 Å². The number of methoxy groups -OCH3 is 1. The van der Waals surface area contributed by atoms with Crippen molar-refractivity contribution in [2.75, 3.05) is 12.4 Å². The SMILES string of the molecule is COc1cc(C)c(NC(=O)Cn2c(C)c(C#N)c3ccccc32)cc1C. The zero-order chi connectivity index (χ0) is 18.8.